The van der Waals surface area contributed by atoms with E-state index in [0.29, 0.717) is 5.75 Å². The Bertz CT molecular complexity index is 820. The summed E-state index contributed by atoms with van der Waals surface area (Å²) in [6.45, 7) is 0.251. The number of hydrogen-bond acceptors (Lipinski definition) is 4. The number of fused-ring (bicyclic) bond motifs is 2. The van der Waals surface area contributed by atoms with Gasteiger partial charge in [-0.05, 0) is 54.3 Å². The van der Waals surface area contributed by atoms with E-state index < -0.39 is 0 Å². The summed E-state index contributed by atoms with van der Waals surface area (Å²) in [6.07, 6.45) is 3.54. The fraction of sp³-hybridized carbons (Fsp3) is 0.211. The van der Waals surface area contributed by atoms with Crippen molar-refractivity contribution in [3.05, 3.63) is 58.7 Å². The molecule has 0 saturated heterocycles. The van der Waals surface area contributed by atoms with Crippen molar-refractivity contribution in [3.8, 4) is 17.2 Å². The lowest BCUT2D eigenvalue weighted by molar-refractivity contribution is 0.102. The lowest BCUT2D eigenvalue weighted by atomic mass is 9.86. The molecule has 23 heavy (non-hydrogen) atoms. The van der Waals surface area contributed by atoms with Gasteiger partial charge in [0.1, 0.15) is 5.75 Å². The molecule has 0 atom stereocenters. The van der Waals surface area contributed by atoms with Crippen molar-refractivity contribution in [3.63, 3.8) is 0 Å². The van der Waals surface area contributed by atoms with Crippen LogP contribution in [0.3, 0.4) is 0 Å². The lowest BCUT2D eigenvalue weighted by Crippen LogP contribution is -2.14. The van der Waals surface area contributed by atoms with E-state index in [2.05, 4.69) is 0 Å². The van der Waals surface area contributed by atoms with Crippen LogP contribution in [0.25, 0.3) is 6.08 Å². The fourth-order valence-electron chi connectivity index (χ4n) is 3.01. The Balaban J connectivity index is 1.68. The molecule has 0 fully saturated rings. The molecule has 1 aliphatic carbocycles. The first kappa shape index (κ1) is 13.9. The average molecular weight is 308 g/mol. The monoisotopic (exact) mass is 308 g/mol. The number of rotatable bonds is 2. The van der Waals surface area contributed by atoms with E-state index >= 15 is 0 Å². The second-order valence-electron chi connectivity index (χ2n) is 5.63. The third-order valence-corrected chi connectivity index (χ3v) is 4.25. The topological polar surface area (TPSA) is 44.8 Å². The van der Waals surface area contributed by atoms with Gasteiger partial charge in [0.2, 0.25) is 6.79 Å². The maximum atomic E-state index is 12.7. The summed E-state index contributed by atoms with van der Waals surface area (Å²) in [5, 5.41) is 0. The molecular formula is C19H16O4. The molecule has 0 radical (unpaired) electrons. The van der Waals surface area contributed by atoms with Gasteiger partial charge >= 0.3 is 0 Å². The van der Waals surface area contributed by atoms with Crippen LogP contribution in [0.5, 0.6) is 17.2 Å². The van der Waals surface area contributed by atoms with Crippen LogP contribution in [-0.4, -0.2) is 19.7 Å². The molecule has 0 bridgehead atoms. The van der Waals surface area contributed by atoms with Crippen LogP contribution < -0.4 is 14.2 Å². The van der Waals surface area contributed by atoms with Crippen molar-refractivity contribution in [1.29, 1.82) is 0 Å². The van der Waals surface area contributed by atoms with Crippen molar-refractivity contribution in [2.45, 2.75) is 12.8 Å². The van der Waals surface area contributed by atoms with Crippen LogP contribution in [0.1, 0.15) is 27.9 Å². The zero-order valence-electron chi connectivity index (χ0n) is 12.8. The molecule has 2 aromatic carbocycles. The molecule has 1 aliphatic heterocycles. The van der Waals surface area contributed by atoms with Gasteiger partial charge in [-0.1, -0.05) is 12.1 Å². The van der Waals surface area contributed by atoms with E-state index in [1.54, 1.807) is 7.11 Å². The summed E-state index contributed by atoms with van der Waals surface area (Å²) in [7, 11) is 1.61. The average Bonchev–Trinajstić information content (AvgIpc) is 3.05. The number of allylic oxidation sites excluding steroid dienone is 1. The Morgan fingerprint density at radius 3 is 2.78 bits per heavy atom. The van der Waals surface area contributed by atoms with Gasteiger partial charge in [-0.25, -0.2) is 0 Å². The van der Waals surface area contributed by atoms with Crippen LogP contribution in [0, 0.1) is 0 Å². The molecule has 0 amide bonds. The Labute approximate surface area is 134 Å². The minimum absolute atomic E-state index is 0.0721. The van der Waals surface area contributed by atoms with E-state index in [-0.39, 0.29) is 12.6 Å². The highest BCUT2D eigenvalue weighted by molar-refractivity contribution is 6.13. The standard InChI is InChI=1S/C19H16O4/c1-21-15-6-5-13-3-4-14(19(20)16(13)10-15)8-12-2-7-17-18(9-12)23-11-22-17/h2,5-10H,3-4,11H2,1H3/b14-8+. The molecule has 4 nitrogen and oxygen atoms in total. The summed E-state index contributed by atoms with van der Waals surface area (Å²) in [4.78, 5) is 12.7. The Hall–Kier alpha value is -2.75. The van der Waals surface area contributed by atoms with Crippen LogP contribution in [0.15, 0.2) is 42.0 Å². The lowest BCUT2D eigenvalue weighted by Gasteiger charge is -2.18. The number of carbonyl (C=O) groups is 1. The molecule has 0 aromatic heterocycles. The predicted octanol–water partition coefficient (Wildman–Crippen LogP) is 3.64. The first-order chi connectivity index (χ1) is 11.2. The second-order valence-corrected chi connectivity index (χ2v) is 5.63. The smallest absolute Gasteiger partial charge is 0.231 e. The van der Waals surface area contributed by atoms with Gasteiger partial charge in [0.25, 0.3) is 0 Å². The van der Waals surface area contributed by atoms with Gasteiger partial charge in [0.15, 0.2) is 17.3 Å². The first-order valence-corrected chi connectivity index (χ1v) is 7.56. The third-order valence-electron chi connectivity index (χ3n) is 4.25. The van der Waals surface area contributed by atoms with Gasteiger partial charge in [-0.2, -0.15) is 0 Å². The van der Waals surface area contributed by atoms with Crippen molar-refractivity contribution >= 4 is 11.9 Å². The van der Waals surface area contributed by atoms with Crippen molar-refractivity contribution in [1.82, 2.24) is 0 Å². The van der Waals surface area contributed by atoms with Crippen LogP contribution in [0.2, 0.25) is 0 Å². The highest BCUT2D eigenvalue weighted by Gasteiger charge is 2.22. The van der Waals surface area contributed by atoms with Crippen LogP contribution in [0.4, 0.5) is 0 Å². The Kier molecular flexibility index (Phi) is 3.30. The van der Waals surface area contributed by atoms with Crippen molar-refractivity contribution < 1.29 is 19.0 Å². The van der Waals surface area contributed by atoms with Crippen molar-refractivity contribution in [2.75, 3.05) is 13.9 Å². The molecular weight excluding hydrogens is 292 g/mol. The predicted molar refractivity (Wildman–Crippen MR) is 86.2 cm³/mol. The number of Topliss-reactive ketones (excluding diaryl/α,β-unsaturated/α-hetero) is 1. The maximum Gasteiger partial charge on any atom is 0.231 e. The second kappa shape index (κ2) is 5.47. The van der Waals surface area contributed by atoms with Gasteiger partial charge in [0, 0.05) is 11.1 Å². The normalized spacial score (nSPS) is 17.3. The summed E-state index contributed by atoms with van der Waals surface area (Å²) < 4.78 is 15.9. The molecule has 0 unspecified atom stereocenters. The Morgan fingerprint density at radius 2 is 1.91 bits per heavy atom. The minimum atomic E-state index is 0.0721. The molecule has 4 heteroatoms. The maximum absolute atomic E-state index is 12.7. The molecule has 2 aromatic rings. The molecule has 2 aliphatic rings. The molecule has 0 spiro atoms. The number of benzene rings is 2. The van der Waals surface area contributed by atoms with Crippen LogP contribution in [-0.2, 0) is 6.42 Å². The largest absolute Gasteiger partial charge is 0.497 e. The number of carbonyl (C=O) groups excluding carboxylic acids is 1. The summed E-state index contributed by atoms with van der Waals surface area (Å²) in [5.74, 6) is 2.26. The van der Waals surface area contributed by atoms with E-state index in [4.69, 9.17) is 14.2 Å². The van der Waals surface area contributed by atoms with Crippen LogP contribution >= 0.6 is 0 Å². The molecule has 0 saturated carbocycles. The van der Waals surface area contributed by atoms with E-state index in [9.17, 15) is 4.79 Å². The number of ketones is 1. The number of methoxy groups -OCH3 is 1. The zero-order chi connectivity index (χ0) is 15.8. The zero-order valence-corrected chi connectivity index (χ0v) is 12.8. The summed E-state index contributed by atoms with van der Waals surface area (Å²) >= 11 is 0. The highest BCUT2D eigenvalue weighted by atomic mass is 16.7. The SMILES string of the molecule is COc1ccc2c(c1)C(=O)/C(=C/c1ccc3c(c1)OCO3)CC2. The van der Waals surface area contributed by atoms with Gasteiger partial charge in [0.05, 0.1) is 7.11 Å². The van der Waals surface area contributed by atoms with Gasteiger partial charge < -0.3 is 14.2 Å². The number of aryl methyl sites for hydroxylation is 1. The van der Waals surface area contributed by atoms with E-state index in [1.165, 1.54) is 0 Å². The summed E-state index contributed by atoms with van der Waals surface area (Å²) in [6, 6.07) is 11.4. The van der Waals surface area contributed by atoms with Crippen molar-refractivity contribution in [2.24, 2.45) is 0 Å². The molecule has 116 valence electrons. The Morgan fingerprint density at radius 1 is 1.04 bits per heavy atom. The van der Waals surface area contributed by atoms with E-state index in [1.807, 2.05) is 42.5 Å². The summed E-state index contributed by atoms with van der Waals surface area (Å²) in [5.41, 5.74) is 3.58. The fourth-order valence-corrected chi connectivity index (χ4v) is 3.01. The highest BCUT2D eigenvalue weighted by Crippen LogP contribution is 2.34. The molecule has 4 rings (SSSR count). The quantitative estimate of drug-likeness (QED) is 0.795. The molecule has 1 heterocycles. The third kappa shape index (κ3) is 2.46. The van der Waals surface area contributed by atoms with E-state index in [0.717, 1.165) is 46.6 Å². The van der Waals surface area contributed by atoms with Gasteiger partial charge in [-0.15, -0.1) is 0 Å². The minimum Gasteiger partial charge on any atom is -0.497 e. The molecule has 0 N–H and O–H groups in total. The number of ether oxygens (including phenoxy) is 3. The number of hydrogen-bond donors (Lipinski definition) is 0. The van der Waals surface area contributed by atoms with Gasteiger partial charge in [-0.3, -0.25) is 4.79 Å². The first-order valence-electron chi connectivity index (χ1n) is 7.56.